The number of likely N-dealkylation sites (tertiary alicyclic amines) is 2. The summed E-state index contributed by atoms with van der Waals surface area (Å²) >= 11 is 0. The molecule has 0 aromatic heterocycles. The maximum absolute atomic E-state index is 12.8. The molecule has 1 N–H and O–H groups in total. The molecular weight excluding hydrogens is 262 g/mol. The lowest BCUT2D eigenvalue weighted by Gasteiger charge is -2.41. The fraction of sp³-hybridized carbons (Fsp3) is 0.941. The summed E-state index contributed by atoms with van der Waals surface area (Å²) in [6.45, 7) is 8.60. The molecule has 3 saturated heterocycles. The van der Waals surface area contributed by atoms with E-state index in [0.717, 1.165) is 39.3 Å². The van der Waals surface area contributed by atoms with Crippen LogP contribution in [0.1, 0.15) is 51.9 Å². The van der Waals surface area contributed by atoms with E-state index < -0.39 is 0 Å². The van der Waals surface area contributed by atoms with Crippen molar-refractivity contribution >= 4 is 5.91 Å². The summed E-state index contributed by atoms with van der Waals surface area (Å²) in [5.74, 6) is 0.373. The van der Waals surface area contributed by atoms with E-state index in [1.165, 1.54) is 44.9 Å². The van der Waals surface area contributed by atoms with Gasteiger partial charge >= 0.3 is 0 Å². The molecule has 1 spiro atoms. The standard InChI is InChI=1S/C17H31N3O/c1-15(19-10-4-2-3-5-11-19)16(21)20-12-7-17(8-13-20)6-9-18-14-17/h15,18H,2-14H2,1H3. The van der Waals surface area contributed by atoms with Crippen molar-refractivity contribution in [1.29, 1.82) is 0 Å². The highest BCUT2D eigenvalue weighted by molar-refractivity contribution is 5.81. The van der Waals surface area contributed by atoms with Crippen LogP contribution in [0.3, 0.4) is 0 Å². The third kappa shape index (κ3) is 3.42. The van der Waals surface area contributed by atoms with E-state index in [2.05, 4.69) is 22.0 Å². The Morgan fingerprint density at radius 3 is 2.24 bits per heavy atom. The second-order valence-corrected chi connectivity index (χ2v) is 7.38. The summed E-state index contributed by atoms with van der Waals surface area (Å²) in [7, 11) is 0. The summed E-state index contributed by atoms with van der Waals surface area (Å²) in [5.41, 5.74) is 0.503. The Kier molecular flexibility index (Phi) is 4.85. The van der Waals surface area contributed by atoms with Crippen LogP contribution >= 0.6 is 0 Å². The highest BCUT2D eigenvalue weighted by Crippen LogP contribution is 2.37. The van der Waals surface area contributed by atoms with Gasteiger partial charge < -0.3 is 10.2 Å². The zero-order valence-electron chi connectivity index (χ0n) is 13.6. The van der Waals surface area contributed by atoms with Gasteiger partial charge in [-0.05, 0) is 64.1 Å². The van der Waals surface area contributed by atoms with Crippen molar-refractivity contribution in [3.05, 3.63) is 0 Å². The van der Waals surface area contributed by atoms with E-state index in [9.17, 15) is 4.79 Å². The van der Waals surface area contributed by atoms with Crippen LogP contribution in [0.4, 0.5) is 0 Å². The van der Waals surface area contributed by atoms with Crippen LogP contribution in [0.2, 0.25) is 0 Å². The number of piperidine rings is 1. The second-order valence-electron chi connectivity index (χ2n) is 7.38. The van der Waals surface area contributed by atoms with E-state index >= 15 is 0 Å². The van der Waals surface area contributed by atoms with Crippen molar-refractivity contribution in [2.24, 2.45) is 5.41 Å². The molecule has 4 heteroatoms. The highest BCUT2D eigenvalue weighted by Gasteiger charge is 2.39. The van der Waals surface area contributed by atoms with Gasteiger partial charge in [0.1, 0.15) is 0 Å². The zero-order chi connectivity index (χ0) is 14.7. The summed E-state index contributed by atoms with van der Waals surface area (Å²) in [6, 6.07) is 0.0823. The highest BCUT2D eigenvalue weighted by atomic mass is 16.2. The molecule has 3 heterocycles. The molecule has 0 bridgehead atoms. The Hall–Kier alpha value is -0.610. The van der Waals surface area contributed by atoms with E-state index in [1.54, 1.807) is 0 Å². The van der Waals surface area contributed by atoms with Gasteiger partial charge in [0.15, 0.2) is 0 Å². The quantitative estimate of drug-likeness (QED) is 0.844. The topological polar surface area (TPSA) is 35.6 Å². The van der Waals surface area contributed by atoms with Crippen molar-refractivity contribution in [2.45, 2.75) is 57.9 Å². The van der Waals surface area contributed by atoms with Crippen molar-refractivity contribution < 1.29 is 4.79 Å². The number of hydrogen-bond acceptors (Lipinski definition) is 3. The van der Waals surface area contributed by atoms with Crippen molar-refractivity contribution in [2.75, 3.05) is 39.3 Å². The number of rotatable bonds is 2. The average Bonchev–Trinajstić information content (AvgIpc) is 2.79. The van der Waals surface area contributed by atoms with Crippen LogP contribution in [-0.2, 0) is 4.79 Å². The number of amides is 1. The van der Waals surface area contributed by atoms with Crippen LogP contribution < -0.4 is 5.32 Å². The van der Waals surface area contributed by atoms with Gasteiger partial charge in [-0.2, -0.15) is 0 Å². The van der Waals surface area contributed by atoms with Crippen LogP contribution in [-0.4, -0.2) is 61.0 Å². The van der Waals surface area contributed by atoms with Crippen molar-refractivity contribution in [1.82, 2.24) is 15.1 Å². The fourth-order valence-corrected chi connectivity index (χ4v) is 4.33. The minimum absolute atomic E-state index is 0.0823. The molecule has 1 unspecified atom stereocenters. The minimum Gasteiger partial charge on any atom is -0.341 e. The minimum atomic E-state index is 0.0823. The van der Waals surface area contributed by atoms with Gasteiger partial charge in [0, 0.05) is 19.6 Å². The van der Waals surface area contributed by atoms with Gasteiger partial charge in [0.05, 0.1) is 6.04 Å². The molecule has 3 fully saturated rings. The molecule has 3 aliphatic rings. The summed E-state index contributed by atoms with van der Waals surface area (Å²) in [4.78, 5) is 17.3. The Labute approximate surface area is 129 Å². The van der Waals surface area contributed by atoms with Crippen LogP contribution in [0.25, 0.3) is 0 Å². The fourth-order valence-electron chi connectivity index (χ4n) is 4.33. The predicted octanol–water partition coefficient (Wildman–Crippen LogP) is 1.85. The van der Waals surface area contributed by atoms with Crippen molar-refractivity contribution in [3.63, 3.8) is 0 Å². The average molecular weight is 293 g/mol. The van der Waals surface area contributed by atoms with E-state index in [1.807, 2.05) is 0 Å². The first-order valence-electron chi connectivity index (χ1n) is 8.94. The molecule has 0 radical (unpaired) electrons. The van der Waals surface area contributed by atoms with Crippen LogP contribution in [0.5, 0.6) is 0 Å². The summed E-state index contributed by atoms with van der Waals surface area (Å²) in [6.07, 6.45) is 8.86. The third-order valence-electron chi connectivity index (χ3n) is 6.01. The second kappa shape index (κ2) is 6.66. The molecule has 3 aliphatic heterocycles. The molecule has 3 rings (SSSR count). The maximum atomic E-state index is 12.8. The molecule has 120 valence electrons. The number of carbonyl (C=O) groups is 1. The van der Waals surface area contributed by atoms with E-state index in [-0.39, 0.29) is 6.04 Å². The van der Waals surface area contributed by atoms with Gasteiger partial charge in [0.2, 0.25) is 5.91 Å². The molecular formula is C17H31N3O. The van der Waals surface area contributed by atoms with Gasteiger partial charge in [-0.3, -0.25) is 9.69 Å². The first-order valence-corrected chi connectivity index (χ1v) is 8.94. The number of carbonyl (C=O) groups excluding carboxylic acids is 1. The third-order valence-corrected chi connectivity index (χ3v) is 6.01. The molecule has 0 aromatic carbocycles. The normalized spacial score (nSPS) is 28.5. The first kappa shape index (κ1) is 15.3. The SMILES string of the molecule is CC(C(=O)N1CCC2(CCNC2)CC1)N1CCCCCC1. The Morgan fingerprint density at radius 2 is 1.67 bits per heavy atom. The molecule has 4 nitrogen and oxygen atoms in total. The smallest absolute Gasteiger partial charge is 0.239 e. The largest absolute Gasteiger partial charge is 0.341 e. The number of hydrogen-bond donors (Lipinski definition) is 1. The van der Waals surface area contributed by atoms with Gasteiger partial charge in [-0.1, -0.05) is 12.8 Å². The molecule has 1 amide bonds. The van der Waals surface area contributed by atoms with E-state index in [0.29, 0.717) is 11.3 Å². The molecule has 0 saturated carbocycles. The molecule has 21 heavy (non-hydrogen) atoms. The van der Waals surface area contributed by atoms with Gasteiger partial charge in [0.25, 0.3) is 0 Å². The molecule has 1 atom stereocenters. The Balaban J connectivity index is 1.53. The molecule has 0 aromatic rings. The van der Waals surface area contributed by atoms with E-state index in [4.69, 9.17) is 0 Å². The lowest BCUT2D eigenvalue weighted by Crippen LogP contribution is -2.51. The lowest BCUT2D eigenvalue weighted by molar-refractivity contribution is -0.138. The lowest BCUT2D eigenvalue weighted by atomic mass is 9.78. The monoisotopic (exact) mass is 293 g/mol. The number of nitrogens with zero attached hydrogens (tertiary/aromatic N) is 2. The zero-order valence-corrected chi connectivity index (χ0v) is 13.6. The number of nitrogens with one attached hydrogen (secondary N) is 1. The predicted molar refractivity (Wildman–Crippen MR) is 85.2 cm³/mol. The van der Waals surface area contributed by atoms with Crippen LogP contribution in [0.15, 0.2) is 0 Å². The van der Waals surface area contributed by atoms with Crippen molar-refractivity contribution in [3.8, 4) is 0 Å². The van der Waals surface area contributed by atoms with Gasteiger partial charge in [-0.25, -0.2) is 0 Å². The summed E-state index contributed by atoms with van der Waals surface area (Å²) in [5, 5.41) is 3.50. The maximum Gasteiger partial charge on any atom is 0.239 e. The van der Waals surface area contributed by atoms with Gasteiger partial charge in [-0.15, -0.1) is 0 Å². The first-order chi connectivity index (χ1) is 10.2. The summed E-state index contributed by atoms with van der Waals surface area (Å²) < 4.78 is 0. The molecule has 0 aliphatic carbocycles. The Morgan fingerprint density at radius 1 is 1.00 bits per heavy atom. The van der Waals surface area contributed by atoms with Crippen LogP contribution in [0, 0.1) is 5.41 Å². The Bertz CT molecular complexity index is 347.